The average Bonchev–Trinajstić information content (AvgIpc) is 2.48. The number of aromatic nitrogens is 2. The Labute approximate surface area is 123 Å². The van der Waals surface area contributed by atoms with Gasteiger partial charge in [-0.3, -0.25) is 9.20 Å². The first-order chi connectivity index (χ1) is 9.70. The van der Waals surface area contributed by atoms with Crippen LogP contribution in [0.25, 0.3) is 16.9 Å². The molecule has 0 aliphatic carbocycles. The number of halogens is 1. The predicted molar refractivity (Wildman–Crippen MR) is 79.3 cm³/mol. The molecule has 0 N–H and O–H groups in total. The molecule has 0 bridgehead atoms. The third kappa shape index (κ3) is 2.00. The largest absolute Gasteiger partial charge is 0.276 e. The second kappa shape index (κ2) is 4.91. The molecule has 0 atom stereocenters. The molecule has 2 aromatic heterocycles. The molecule has 96 valence electrons. The Kier molecular flexibility index (Phi) is 3.09. The van der Waals surface area contributed by atoms with Gasteiger partial charge in [0, 0.05) is 16.2 Å². The summed E-state index contributed by atoms with van der Waals surface area (Å²) in [5.41, 5.74) is 1.38. The van der Waals surface area contributed by atoms with Crippen molar-refractivity contribution in [1.29, 1.82) is 5.26 Å². The molecule has 0 aliphatic heterocycles. The third-order valence-corrected chi connectivity index (χ3v) is 3.49. The molecule has 4 nitrogen and oxygen atoms in total. The minimum Gasteiger partial charge on any atom is -0.267 e. The first kappa shape index (κ1) is 12.6. The van der Waals surface area contributed by atoms with Crippen LogP contribution in [0.5, 0.6) is 0 Å². The van der Waals surface area contributed by atoms with Crippen molar-refractivity contribution in [3.63, 3.8) is 0 Å². The molecule has 0 fully saturated rings. The summed E-state index contributed by atoms with van der Waals surface area (Å²) in [4.78, 5) is 16.7. The molecule has 0 amide bonds. The summed E-state index contributed by atoms with van der Waals surface area (Å²) in [6.07, 6.45) is 1.61. The summed E-state index contributed by atoms with van der Waals surface area (Å²) in [7, 11) is 0. The lowest BCUT2D eigenvalue weighted by molar-refractivity contribution is 1.04. The Morgan fingerprint density at radius 2 is 1.90 bits per heavy atom. The van der Waals surface area contributed by atoms with Gasteiger partial charge in [-0.25, -0.2) is 4.98 Å². The van der Waals surface area contributed by atoms with E-state index in [1.807, 2.05) is 30.3 Å². The van der Waals surface area contributed by atoms with Crippen LogP contribution in [0.4, 0.5) is 0 Å². The molecule has 0 saturated carbocycles. The summed E-state index contributed by atoms with van der Waals surface area (Å²) in [6.45, 7) is 0. The Morgan fingerprint density at radius 1 is 1.15 bits per heavy atom. The number of fused-ring (bicyclic) bond motifs is 1. The number of benzene rings is 1. The van der Waals surface area contributed by atoms with E-state index >= 15 is 0 Å². The van der Waals surface area contributed by atoms with Crippen LogP contribution in [0.15, 0.2) is 57.9 Å². The highest BCUT2D eigenvalue weighted by atomic mass is 79.9. The minimum atomic E-state index is -0.351. The third-order valence-electron chi connectivity index (χ3n) is 2.96. The van der Waals surface area contributed by atoms with Crippen molar-refractivity contribution in [3.05, 3.63) is 69.1 Å². The van der Waals surface area contributed by atoms with E-state index in [0.717, 1.165) is 10.0 Å². The normalized spacial score (nSPS) is 10.4. The lowest BCUT2D eigenvalue weighted by Gasteiger charge is -2.06. The smallest absolute Gasteiger partial charge is 0.267 e. The second-order valence-electron chi connectivity index (χ2n) is 4.19. The van der Waals surface area contributed by atoms with Gasteiger partial charge in [0.25, 0.3) is 5.56 Å². The van der Waals surface area contributed by atoms with E-state index in [0.29, 0.717) is 11.3 Å². The number of rotatable bonds is 1. The van der Waals surface area contributed by atoms with Gasteiger partial charge in [-0.2, -0.15) is 5.26 Å². The van der Waals surface area contributed by atoms with Crippen molar-refractivity contribution in [1.82, 2.24) is 9.38 Å². The number of hydrogen-bond donors (Lipinski definition) is 0. The van der Waals surface area contributed by atoms with Crippen LogP contribution in [0.3, 0.4) is 0 Å². The van der Waals surface area contributed by atoms with Gasteiger partial charge in [0.2, 0.25) is 0 Å². The Balaban J connectivity index is 2.38. The van der Waals surface area contributed by atoms with Crippen molar-refractivity contribution in [2.24, 2.45) is 0 Å². The Bertz CT molecular complexity index is 892. The maximum Gasteiger partial charge on any atom is 0.276 e. The van der Waals surface area contributed by atoms with Gasteiger partial charge in [-0.1, -0.05) is 34.1 Å². The maximum absolute atomic E-state index is 12.3. The van der Waals surface area contributed by atoms with Crippen LogP contribution in [-0.2, 0) is 0 Å². The number of nitrogens with zero attached hydrogens (tertiary/aromatic N) is 3. The van der Waals surface area contributed by atoms with Gasteiger partial charge >= 0.3 is 0 Å². The molecule has 20 heavy (non-hydrogen) atoms. The van der Waals surface area contributed by atoms with E-state index in [1.54, 1.807) is 24.4 Å². The zero-order valence-corrected chi connectivity index (χ0v) is 11.8. The van der Waals surface area contributed by atoms with E-state index in [4.69, 9.17) is 0 Å². The standard InChI is InChI=1S/C15H8BrN3O/c16-11-6-4-10(5-7-11)14-12(9-17)15(20)19-8-2-1-3-13(19)18-14/h1-8H. The Hall–Kier alpha value is -2.45. The molecule has 3 rings (SSSR count). The van der Waals surface area contributed by atoms with Gasteiger partial charge in [-0.05, 0) is 24.3 Å². The molecule has 5 heteroatoms. The van der Waals surface area contributed by atoms with Crippen molar-refractivity contribution >= 4 is 21.6 Å². The van der Waals surface area contributed by atoms with Crippen LogP contribution in [0, 0.1) is 11.3 Å². The molecular formula is C15H8BrN3O. The zero-order valence-electron chi connectivity index (χ0n) is 10.2. The number of pyridine rings is 1. The highest BCUT2D eigenvalue weighted by Crippen LogP contribution is 2.22. The van der Waals surface area contributed by atoms with Crippen molar-refractivity contribution in [3.8, 4) is 17.3 Å². The van der Waals surface area contributed by atoms with Gasteiger partial charge in [-0.15, -0.1) is 0 Å². The van der Waals surface area contributed by atoms with E-state index in [9.17, 15) is 10.1 Å². The highest BCUT2D eigenvalue weighted by molar-refractivity contribution is 9.10. The van der Waals surface area contributed by atoms with Gasteiger partial charge in [0.15, 0.2) is 0 Å². The maximum atomic E-state index is 12.3. The van der Waals surface area contributed by atoms with Crippen molar-refractivity contribution in [2.45, 2.75) is 0 Å². The van der Waals surface area contributed by atoms with Gasteiger partial charge in [0.05, 0.1) is 5.69 Å². The number of nitriles is 1. The van der Waals surface area contributed by atoms with E-state index < -0.39 is 0 Å². The molecule has 0 saturated heterocycles. The lowest BCUT2D eigenvalue weighted by atomic mass is 10.1. The van der Waals surface area contributed by atoms with Crippen LogP contribution in [-0.4, -0.2) is 9.38 Å². The van der Waals surface area contributed by atoms with E-state index in [-0.39, 0.29) is 11.1 Å². The molecule has 3 aromatic rings. The minimum absolute atomic E-state index is 0.0519. The van der Waals surface area contributed by atoms with Crippen molar-refractivity contribution < 1.29 is 0 Å². The Morgan fingerprint density at radius 3 is 2.60 bits per heavy atom. The predicted octanol–water partition coefficient (Wildman–Crippen LogP) is 3.00. The fourth-order valence-electron chi connectivity index (χ4n) is 2.01. The van der Waals surface area contributed by atoms with Crippen LogP contribution in [0.2, 0.25) is 0 Å². The molecule has 2 heterocycles. The van der Waals surface area contributed by atoms with E-state index in [2.05, 4.69) is 20.9 Å². The van der Waals surface area contributed by atoms with E-state index in [1.165, 1.54) is 4.40 Å². The van der Waals surface area contributed by atoms with Gasteiger partial charge < -0.3 is 0 Å². The van der Waals surface area contributed by atoms with Gasteiger partial charge in [0.1, 0.15) is 17.3 Å². The molecule has 0 spiro atoms. The molecule has 0 radical (unpaired) electrons. The summed E-state index contributed by atoms with van der Waals surface area (Å²) < 4.78 is 2.30. The monoisotopic (exact) mass is 325 g/mol. The molecule has 0 unspecified atom stereocenters. The highest BCUT2D eigenvalue weighted by Gasteiger charge is 2.13. The summed E-state index contributed by atoms with van der Waals surface area (Å²) in [5.74, 6) is 0. The number of hydrogen-bond acceptors (Lipinski definition) is 3. The quantitative estimate of drug-likeness (QED) is 0.691. The fourth-order valence-corrected chi connectivity index (χ4v) is 2.27. The van der Waals surface area contributed by atoms with Crippen LogP contribution in [0.1, 0.15) is 5.56 Å². The fraction of sp³-hybridized carbons (Fsp3) is 0. The van der Waals surface area contributed by atoms with Crippen LogP contribution < -0.4 is 5.56 Å². The summed E-state index contributed by atoms with van der Waals surface area (Å²) in [6, 6.07) is 14.6. The summed E-state index contributed by atoms with van der Waals surface area (Å²) in [5, 5.41) is 9.26. The SMILES string of the molecule is N#Cc1c(-c2ccc(Br)cc2)nc2ccccn2c1=O. The summed E-state index contributed by atoms with van der Waals surface area (Å²) >= 11 is 3.36. The molecule has 0 aliphatic rings. The first-order valence-electron chi connectivity index (χ1n) is 5.88. The van der Waals surface area contributed by atoms with Crippen molar-refractivity contribution in [2.75, 3.05) is 0 Å². The second-order valence-corrected chi connectivity index (χ2v) is 5.10. The topological polar surface area (TPSA) is 58.2 Å². The lowest BCUT2D eigenvalue weighted by Crippen LogP contribution is -2.19. The molecular weight excluding hydrogens is 318 g/mol. The first-order valence-corrected chi connectivity index (χ1v) is 6.67. The average molecular weight is 326 g/mol. The molecule has 1 aromatic carbocycles. The zero-order chi connectivity index (χ0) is 14.1. The van der Waals surface area contributed by atoms with Crippen LogP contribution >= 0.6 is 15.9 Å².